The van der Waals surface area contributed by atoms with E-state index in [-0.39, 0.29) is 0 Å². The van der Waals surface area contributed by atoms with E-state index in [1.165, 1.54) is 11.4 Å². The molecule has 0 unspecified atom stereocenters. The molecule has 3 heterocycles. The van der Waals surface area contributed by atoms with Crippen molar-refractivity contribution in [3.63, 3.8) is 0 Å². The van der Waals surface area contributed by atoms with Crippen molar-refractivity contribution < 1.29 is 0 Å². The summed E-state index contributed by atoms with van der Waals surface area (Å²) in [6.07, 6.45) is 0. The van der Waals surface area contributed by atoms with E-state index in [2.05, 4.69) is 45.6 Å². The average molecular weight is 351 g/mol. The minimum atomic E-state index is 0.716. The van der Waals surface area contributed by atoms with Gasteiger partial charge in [-0.05, 0) is 37.9 Å². The van der Waals surface area contributed by atoms with Crippen molar-refractivity contribution in [3.05, 3.63) is 13.6 Å². The Morgan fingerprint density at radius 3 is 2.86 bits per heavy atom. The number of hydrogen-bond donors (Lipinski definition) is 0. The number of aromatic nitrogens is 1. The number of halogens is 2. The monoisotopic (exact) mass is 349 g/mol. The molecule has 0 aliphatic carbocycles. The molecule has 0 N–H and O–H groups in total. The van der Waals surface area contributed by atoms with Gasteiger partial charge in [-0.15, -0.1) is 11.3 Å². The summed E-state index contributed by atoms with van der Waals surface area (Å²) in [5, 5.41) is 1.09. The van der Waals surface area contributed by atoms with E-state index in [0.29, 0.717) is 5.82 Å². The molecule has 2 aromatic rings. The number of rotatable bonds is 0. The topological polar surface area (TPSA) is 37.6 Å². The van der Waals surface area contributed by atoms with Crippen LogP contribution in [0.25, 0.3) is 10.9 Å². The van der Waals surface area contributed by atoms with E-state index in [1.807, 2.05) is 6.07 Å². The lowest BCUT2D eigenvalue weighted by atomic mass is 10.3. The summed E-state index contributed by atoms with van der Waals surface area (Å²) in [5.41, 5.74) is 1.80. The highest BCUT2D eigenvalue weighted by Gasteiger charge is 2.14. The van der Waals surface area contributed by atoms with Gasteiger partial charge in [-0.25, -0.2) is 4.98 Å². The molecule has 0 amide bonds. The minimum absolute atomic E-state index is 0.716. The van der Waals surface area contributed by atoms with Crippen LogP contribution in [0.5, 0.6) is 0 Å². The van der Waals surface area contributed by atoms with Crippen molar-refractivity contribution in [1.29, 1.82) is 0 Å². The Kier molecular flexibility index (Phi) is 2.08. The zero-order valence-corrected chi connectivity index (χ0v) is 11.3. The largest absolute Gasteiger partial charge is 0.224 e. The lowest BCUT2D eigenvalue weighted by molar-refractivity contribution is 1.36. The van der Waals surface area contributed by atoms with Crippen molar-refractivity contribution in [1.82, 2.24) is 4.98 Å². The van der Waals surface area contributed by atoms with Gasteiger partial charge in [-0.3, -0.25) is 0 Å². The average Bonchev–Trinajstić information content (AvgIpc) is 2.70. The Morgan fingerprint density at radius 1 is 1.14 bits per heavy atom. The fraction of sp³-hybridized carbons (Fsp3) is 0. The third kappa shape index (κ3) is 1.23. The van der Waals surface area contributed by atoms with Gasteiger partial charge in [0, 0.05) is 5.39 Å². The molecule has 70 valence electrons. The number of thiophene rings is 1. The molecule has 0 fully saturated rings. The summed E-state index contributed by atoms with van der Waals surface area (Å²) in [7, 11) is 0. The van der Waals surface area contributed by atoms with Crippen LogP contribution in [0.1, 0.15) is 0 Å². The predicted octanol–water partition coefficient (Wildman–Crippen LogP) is 4.55. The van der Waals surface area contributed by atoms with E-state index in [4.69, 9.17) is 0 Å². The fourth-order valence-electron chi connectivity index (χ4n) is 1.21. The standard InChI is InChI=1S/C7HBr2N3S2/c8-5-2-1-3-7(12-14-11-3)10-4(2)6(9)13-5/h1H. The summed E-state index contributed by atoms with van der Waals surface area (Å²) < 4.78 is 10.4. The Bertz CT molecular complexity index is 565. The maximum Gasteiger partial charge on any atom is 0.193 e. The zero-order valence-electron chi connectivity index (χ0n) is 6.49. The van der Waals surface area contributed by atoms with E-state index in [1.54, 1.807) is 11.3 Å². The van der Waals surface area contributed by atoms with E-state index in [0.717, 1.165) is 24.2 Å². The summed E-state index contributed by atoms with van der Waals surface area (Å²) in [6.45, 7) is 0. The summed E-state index contributed by atoms with van der Waals surface area (Å²) in [4.78, 5) is 4.43. The van der Waals surface area contributed by atoms with Gasteiger partial charge < -0.3 is 0 Å². The number of hydrogen-bond acceptors (Lipinski definition) is 4. The lowest BCUT2D eigenvalue weighted by Gasteiger charge is -1.94. The highest BCUT2D eigenvalue weighted by atomic mass is 79.9. The van der Waals surface area contributed by atoms with Crippen LogP contribution < -0.4 is 0 Å². The van der Waals surface area contributed by atoms with Gasteiger partial charge in [-0.2, -0.15) is 8.73 Å². The second-order valence-corrected chi connectivity index (χ2v) is 6.83. The predicted molar refractivity (Wildman–Crippen MR) is 66.6 cm³/mol. The molecule has 7 heteroatoms. The highest BCUT2D eigenvalue weighted by molar-refractivity contribution is 9.12. The third-order valence-electron chi connectivity index (χ3n) is 1.83. The quantitative estimate of drug-likeness (QED) is 0.586. The fourth-order valence-corrected chi connectivity index (χ4v) is 4.59. The summed E-state index contributed by atoms with van der Waals surface area (Å²) in [5.74, 6) is 0.716. The van der Waals surface area contributed by atoms with Gasteiger partial charge in [0.1, 0.15) is 5.69 Å². The first-order valence-electron chi connectivity index (χ1n) is 3.62. The van der Waals surface area contributed by atoms with Crippen LogP contribution in [0.4, 0.5) is 11.5 Å². The van der Waals surface area contributed by atoms with Crippen molar-refractivity contribution in [3.8, 4) is 0 Å². The zero-order chi connectivity index (χ0) is 9.71. The van der Waals surface area contributed by atoms with Crippen LogP contribution in [0.2, 0.25) is 0 Å². The Balaban J connectivity index is 2.48. The van der Waals surface area contributed by atoms with Crippen LogP contribution in [0, 0.1) is 0 Å². The highest BCUT2D eigenvalue weighted by Crippen LogP contribution is 2.42. The molecule has 3 nitrogen and oxygen atoms in total. The van der Waals surface area contributed by atoms with Gasteiger partial charge >= 0.3 is 0 Å². The molecule has 0 aromatic carbocycles. The molecular weight excluding hydrogens is 350 g/mol. The van der Waals surface area contributed by atoms with Crippen LogP contribution in [-0.4, -0.2) is 4.98 Å². The van der Waals surface area contributed by atoms with Crippen LogP contribution in [-0.2, 0) is 11.4 Å². The SMILES string of the molecule is Brc1sc(Br)c2nc3c(cc12)N=S=N3. The molecular formula is C7HBr2N3S2. The smallest absolute Gasteiger partial charge is 0.193 e. The molecule has 14 heavy (non-hydrogen) atoms. The van der Waals surface area contributed by atoms with Gasteiger partial charge in [-0.1, -0.05) is 0 Å². The molecule has 3 rings (SSSR count). The molecule has 2 aromatic heterocycles. The number of fused-ring (bicyclic) bond motifs is 2. The molecule has 0 saturated carbocycles. The van der Waals surface area contributed by atoms with E-state index >= 15 is 0 Å². The lowest BCUT2D eigenvalue weighted by Crippen LogP contribution is -1.74. The molecule has 0 spiro atoms. The second-order valence-electron chi connectivity index (χ2n) is 2.64. The van der Waals surface area contributed by atoms with Gasteiger partial charge in [0.05, 0.1) is 24.4 Å². The molecule has 0 bridgehead atoms. The first-order chi connectivity index (χ1) is 6.75. The van der Waals surface area contributed by atoms with Crippen molar-refractivity contribution in [2.45, 2.75) is 0 Å². The first-order valence-corrected chi connectivity index (χ1v) is 6.76. The van der Waals surface area contributed by atoms with Crippen LogP contribution >= 0.6 is 43.2 Å². The Morgan fingerprint density at radius 2 is 2.00 bits per heavy atom. The Labute approximate surface area is 104 Å². The maximum atomic E-state index is 4.43. The van der Waals surface area contributed by atoms with Gasteiger partial charge in [0.2, 0.25) is 0 Å². The van der Waals surface area contributed by atoms with Crippen LogP contribution in [0.15, 0.2) is 22.4 Å². The molecule has 1 aliphatic heterocycles. The Hall–Kier alpha value is -0.110. The molecule has 0 saturated heterocycles. The van der Waals surface area contributed by atoms with Crippen LogP contribution in [0.3, 0.4) is 0 Å². The number of nitrogens with zero attached hydrogens (tertiary/aromatic N) is 3. The van der Waals surface area contributed by atoms with Crippen molar-refractivity contribution >= 4 is 77.0 Å². The maximum absolute atomic E-state index is 4.43. The third-order valence-corrected chi connectivity index (χ3v) is 4.91. The van der Waals surface area contributed by atoms with E-state index < -0.39 is 0 Å². The normalized spacial score (nSPS) is 13.3. The first kappa shape index (κ1) is 9.14. The second kappa shape index (κ2) is 3.19. The van der Waals surface area contributed by atoms with Gasteiger partial charge in [0.25, 0.3) is 0 Å². The van der Waals surface area contributed by atoms with Gasteiger partial charge in [0.15, 0.2) is 5.82 Å². The minimum Gasteiger partial charge on any atom is -0.224 e. The van der Waals surface area contributed by atoms with Crippen molar-refractivity contribution in [2.75, 3.05) is 0 Å². The molecule has 1 aliphatic rings. The van der Waals surface area contributed by atoms with Crippen molar-refractivity contribution in [2.24, 2.45) is 8.73 Å². The number of pyridine rings is 1. The molecule has 0 radical (unpaired) electrons. The summed E-state index contributed by atoms with van der Waals surface area (Å²) >= 11 is 9.77. The van der Waals surface area contributed by atoms with E-state index in [9.17, 15) is 0 Å². The molecule has 0 atom stereocenters. The summed E-state index contributed by atoms with van der Waals surface area (Å²) in [6, 6.07) is 2.01.